The van der Waals surface area contributed by atoms with Crippen molar-refractivity contribution in [2.75, 3.05) is 0 Å². The van der Waals surface area contributed by atoms with Crippen LogP contribution in [-0.4, -0.2) is 11.1 Å². The lowest BCUT2D eigenvalue weighted by Gasteiger charge is -1.96. The molecule has 0 aliphatic rings. The summed E-state index contributed by atoms with van der Waals surface area (Å²) in [5.74, 6) is -1.48. The molecule has 0 fully saturated rings. The van der Waals surface area contributed by atoms with Gasteiger partial charge < -0.3 is 11.3 Å². The van der Waals surface area contributed by atoms with Gasteiger partial charge in [-0.1, -0.05) is 18.2 Å². The van der Waals surface area contributed by atoms with Crippen molar-refractivity contribution in [3.05, 3.63) is 35.6 Å². The smallest absolute Gasteiger partial charge is 0.307 e. The molecular weight excluding hydrogens is 161 g/mol. The summed E-state index contributed by atoms with van der Waals surface area (Å²) in [5, 5.41) is 8.32. The van der Waals surface area contributed by atoms with Crippen molar-refractivity contribution in [1.29, 1.82) is 0 Å². The van der Waals surface area contributed by atoms with Gasteiger partial charge in [0.05, 0.1) is 6.42 Å². The molecule has 0 heterocycles. The fourth-order valence-corrected chi connectivity index (χ4v) is 0.805. The molecule has 1 aromatic carbocycles. The fraction of sp³-hybridized carbons (Fsp3) is 0.125. The van der Waals surface area contributed by atoms with Crippen LogP contribution in [0.3, 0.4) is 0 Å². The first-order chi connectivity index (χ1) is 5.20. The maximum absolute atomic E-state index is 12.7. The minimum atomic E-state index is -1.02. The Morgan fingerprint density at radius 3 is 2.50 bits per heavy atom. The van der Waals surface area contributed by atoms with E-state index in [1.807, 2.05) is 0 Å². The van der Waals surface area contributed by atoms with E-state index in [0.29, 0.717) is 0 Å². The Morgan fingerprint density at radius 2 is 2.00 bits per heavy atom. The predicted molar refractivity (Wildman–Crippen MR) is 42.8 cm³/mol. The third kappa shape index (κ3) is 2.67. The summed E-state index contributed by atoms with van der Waals surface area (Å²) in [5.41, 5.74) is 0.222. The highest BCUT2D eigenvalue weighted by Gasteiger charge is 2.04. The van der Waals surface area contributed by atoms with E-state index < -0.39 is 11.8 Å². The first-order valence-corrected chi connectivity index (χ1v) is 3.15. The summed E-state index contributed by atoms with van der Waals surface area (Å²) in [6.07, 6.45) is -0.257. The van der Waals surface area contributed by atoms with Gasteiger partial charge in [-0.2, -0.15) is 0 Å². The molecule has 0 aliphatic carbocycles. The van der Waals surface area contributed by atoms with Gasteiger partial charge in [0.15, 0.2) is 0 Å². The van der Waals surface area contributed by atoms with Crippen LogP contribution in [0.15, 0.2) is 24.3 Å². The van der Waals surface area contributed by atoms with Gasteiger partial charge in [-0.3, -0.25) is 4.79 Å². The van der Waals surface area contributed by atoms with Crippen molar-refractivity contribution in [2.45, 2.75) is 6.42 Å². The van der Waals surface area contributed by atoms with Crippen LogP contribution in [0.2, 0.25) is 0 Å². The number of carboxylic acid groups (broad SMARTS) is 1. The Morgan fingerprint density at radius 1 is 1.42 bits per heavy atom. The van der Waals surface area contributed by atoms with Crippen LogP contribution in [0.1, 0.15) is 5.56 Å². The maximum Gasteiger partial charge on any atom is 0.307 e. The largest absolute Gasteiger partial charge is 0.481 e. The van der Waals surface area contributed by atoms with Crippen molar-refractivity contribution in [3.63, 3.8) is 0 Å². The molecule has 0 amide bonds. The van der Waals surface area contributed by atoms with Gasteiger partial charge in [0.25, 0.3) is 0 Å². The number of aliphatic carboxylic acids is 1. The number of carboxylic acids is 1. The van der Waals surface area contributed by atoms with Crippen LogP contribution in [-0.2, 0) is 11.2 Å². The second-order valence-electron chi connectivity index (χ2n) is 2.16. The van der Waals surface area contributed by atoms with Gasteiger partial charge >= 0.3 is 5.97 Å². The van der Waals surface area contributed by atoms with Crippen molar-refractivity contribution >= 4 is 5.97 Å². The molecule has 0 aliphatic heterocycles. The van der Waals surface area contributed by atoms with Crippen LogP contribution < -0.4 is 6.15 Å². The molecule has 1 aromatic rings. The summed E-state index contributed by atoms with van der Waals surface area (Å²) in [6.45, 7) is 0. The van der Waals surface area contributed by atoms with E-state index in [1.165, 1.54) is 18.2 Å². The zero-order valence-corrected chi connectivity index (χ0v) is 6.46. The quantitative estimate of drug-likeness (QED) is 0.710. The zero-order chi connectivity index (χ0) is 8.27. The Balaban J connectivity index is 0.00000121. The molecule has 0 unspecified atom stereocenters. The number of carbonyl (C=O) groups is 1. The molecule has 0 aromatic heterocycles. The number of hydrogen-bond acceptors (Lipinski definition) is 2. The Labute approximate surface area is 69.4 Å². The van der Waals surface area contributed by atoms with Crippen LogP contribution >= 0.6 is 0 Å². The van der Waals surface area contributed by atoms with E-state index in [4.69, 9.17) is 5.11 Å². The highest BCUT2D eigenvalue weighted by atomic mass is 19.1. The average molecular weight is 171 g/mol. The Bertz CT molecular complexity index is 276. The van der Waals surface area contributed by atoms with Gasteiger partial charge in [-0.05, 0) is 11.6 Å². The van der Waals surface area contributed by atoms with Gasteiger partial charge in [-0.25, -0.2) is 4.39 Å². The second-order valence-corrected chi connectivity index (χ2v) is 2.16. The van der Waals surface area contributed by atoms with Crippen LogP contribution in [0.25, 0.3) is 0 Å². The van der Waals surface area contributed by atoms with Crippen molar-refractivity contribution in [2.24, 2.45) is 0 Å². The predicted octanol–water partition coefficient (Wildman–Crippen LogP) is 1.61. The van der Waals surface area contributed by atoms with Gasteiger partial charge in [0, 0.05) is 0 Å². The SMILES string of the molecule is N.O=C(O)Cc1ccccc1F. The standard InChI is InChI=1S/C8H7FO2.H3N/c9-7-4-2-1-3-6(7)5-8(10)11;/h1-4H,5H2,(H,10,11);1H3. The molecule has 0 bridgehead atoms. The Kier molecular flexibility index (Phi) is 3.93. The molecule has 3 nitrogen and oxygen atoms in total. The highest BCUT2D eigenvalue weighted by molar-refractivity contribution is 5.70. The second kappa shape index (κ2) is 4.46. The topological polar surface area (TPSA) is 72.3 Å². The molecule has 0 spiro atoms. The van der Waals surface area contributed by atoms with E-state index in [1.54, 1.807) is 6.07 Å². The molecular formula is C8H10FNO2. The summed E-state index contributed by atoms with van der Waals surface area (Å²) < 4.78 is 12.7. The minimum Gasteiger partial charge on any atom is -0.481 e. The third-order valence-corrected chi connectivity index (χ3v) is 1.30. The summed E-state index contributed by atoms with van der Waals surface area (Å²) in [6, 6.07) is 5.85. The van der Waals surface area contributed by atoms with Crippen molar-refractivity contribution < 1.29 is 14.3 Å². The lowest BCUT2D eigenvalue weighted by molar-refractivity contribution is -0.136. The van der Waals surface area contributed by atoms with E-state index in [9.17, 15) is 9.18 Å². The first-order valence-electron chi connectivity index (χ1n) is 3.15. The van der Waals surface area contributed by atoms with Crippen LogP contribution in [0.5, 0.6) is 0 Å². The summed E-state index contributed by atoms with van der Waals surface area (Å²) >= 11 is 0. The number of hydrogen-bond donors (Lipinski definition) is 2. The molecule has 12 heavy (non-hydrogen) atoms. The third-order valence-electron chi connectivity index (χ3n) is 1.30. The molecule has 4 heteroatoms. The van der Waals surface area contributed by atoms with Gasteiger partial charge in [0.2, 0.25) is 0 Å². The normalized spacial score (nSPS) is 8.75. The Hall–Kier alpha value is -1.42. The zero-order valence-electron chi connectivity index (χ0n) is 6.46. The molecule has 0 saturated carbocycles. The average Bonchev–Trinajstić information content (AvgIpc) is 1.93. The monoisotopic (exact) mass is 171 g/mol. The lowest BCUT2D eigenvalue weighted by Crippen LogP contribution is -2.01. The van der Waals surface area contributed by atoms with Crippen LogP contribution in [0.4, 0.5) is 4.39 Å². The molecule has 1 rings (SSSR count). The number of halogens is 1. The summed E-state index contributed by atoms with van der Waals surface area (Å²) in [4.78, 5) is 10.2. The van der Waals surface area contributed by atoms with E-state index in [0.717, 1.165) is 0 Å². The first kappa shape index (κ1) is 10.6. The molecule has 0 radical (unpaired) electrons. The van der Waals surface area contributed by atoms with E-state index >= 15 is 0 Å². The van der Waals surface area contributed by atoms with Crippen molar-refractivity contribution in [1.82, 2.24) is 6.15 Å². The van der Waals surface area contributed by atoms with Gasteiger partial charge in [0.1, 0.15) is 5.82 Å². The molecule has 0 atom stereocenters. The number of rotatable bonds is 2. The number of benzene rings is 1. The van der Waals surface area contributed by atoms with Gasteiger partial charge in [-0.15, -0.1) is 0 Å². The van der Waals surface area contributed by atoms with E-state index in [2.05, 4.69) is 0 Å². The van der Waals surface area contributed by atoms with E-state index in [-0.39, 0.29) is 18.1 Å². The molecule has 4 N–H and O–H groups in total. The highest BCUT2D eigenvalue weighted by Crippen LogP contribution is 2.06. The molecule has 66 valence electrons. The lowest BCUT2D eigenvalue weighted by atomic mass is 10.1. The van der Waals surface area contributed by atoms with Crippen molar-refractivity contribution in [3.8, 4) is 0 Å². The van der Waals surface area contributed by atoms with Crippen LogP contribution in [0, 0.1) is 5.82 Å². The minimum absolute atomic E-state index is 0. The fourth-order valence-electron chi connectivity index (χ4n) is 0.805. The maximum atomic E-state index is 12.7. The molecule has 0 saturated heterocycles. The summed E-state index contributed by atoms with van der Waals surface area (Å²) in [7, 11) is 0.